The van der Waals surface area contributed by atoms with Gasteiger partial charge in [0, 0.05) is 12.4 Å². The molecule has 0 bridgehead atoms. The molecule has 0 saturated heterocycles. The molecule has 0 aliphatic carbocycles. The predicted octanol–water partition coefficient (Wildman–Crippen LogP) is 0.446. The number of hydrogen-bond donors (Lipinski definition) is 2. The third-order valence-corrected chi connectivity index (χ3v) is 1.38. The molecule has 13 heavy (non-hydrogen) atoms. The number of halogens is 2. The van der Waals surface area contributed by atoms with Crippen LogP contribution in [0, 0.1) is 0 Å². The molecule has 0 aliphatic heterocycles. The highest BCUT2D eigenvalue weighted by molar-refractivity contribution is 5.71. The van der Waals surface area contributed by atoms with E-state index in [4.69, 9.17) is 5.73 Å². The molecule has 7 heteroatoms. The first-order chi connectivity index (χ1) is 6.11. The number of nitrogens with one attached hydrogen (secondary N) is 1. The quantitative estimate of drug-likeness (QED) is 0.726. The number of nitrogens with zero attached hydrogens (tertiary/aromatic N) is 2. The lowest BCUT2D eigenvalue weighted by Gasteiger charge is -2.05. The van der Waals surface area contributed by atoms with E-state index in [1.807, 2.05) is 0 Å². The SMILES string of the molecule is NC(=O)NCc1nccn1C(F)F. The van der Waals surface area contributed by atoms with E-state index in [9.17, 15) is 13.6 Å². The molecule has 0 aliphatic rings. The van der Waals surface area contributed by atoms with Crippen LogP contribution in [0.2, 0.25) is 0 Å². The van der Waals surface area contributed by atoms with Gasteiger partial charge in [-0.3, -0.25) is 4.57 Å². The van der Waals surface area contributed by atoms with Crippen molar-refractivity contribution in [2.24, 2.45) is 5.73 Å². The molecule has 0 aromatic carbocycles. The Morgan fingerprint density at radius 1 is 1.77 bits per heavy atom. The molecular formula is C6H8F2N4O. The van der Waals surface area contributed by atoms with Crippen molar-refractivity contribution < 1.29 is 13.6 Å². The predicted molar refractivity (Wildman–Crippen MR) is 39.9 cm³/mol. The smallest absolute Gasteiger partial charge is 0.319 e. The van der Waals surface area contributed by atoms with E-state index in [0.717, 1.165) is 6.20 Å². The van der Waals surface area contributed by atoms with Crippen molar-refractivity contribution in [1.29, 1.82) is 0 Å². The van der Waals surface area contributed by atoms with E-state index in [-0.39, 0.29) is 12.4 Å². The molecule has 1 heterocycles. The number of nitrogens with two attached hydrogens (primary N) is 1. The van der Waals surface area contributed by atoms with Crippen LogP contribution < -0.4 is 11.1 Å². The van der Waals surface area contributed by atoms with Crippen LogP contribution in [0.1, 0.15) is 12.4 Å². The highest BCUT2D eigenvalue weighted by Crippen LogP contribution is 2.11. The van der Waals surface area contributed by atoms with Gasteiger partial charge in [0.2, 0.25) is 0 Å². The summed E-state index contributed by atoms with van der Waals surface area (Å²) in [6.07, 6.45) is 2.35. The molecule has 0 fully saturated rings. The number of carbonyl (C=O) groups excluding carboxylic acids is 1. The second kappa shape index (κ2) is 3.83. The summed E-state index contributed by atoms with van der Waals surface area (Å²) in [6.45, 7) is -2.76. The molecule has 3 N–H and O–H groups in total. The summed E-state index contributed by atoms with van der Waals surface area (Å²) in [5.74, 6) is 0.0637. The fourth-order valence-corrected chi connectivity index (χ4v) is 0.825. The number of amides is 2. The molecular weight excluding hydrogens is 182 g/mol. The Morgan fingerprint density at radius 3 is 3.00 bits per heavy atom. The summed E-state index contributed by atoms with van der Waals surface area (Å²) in [6, 6.07) is -0.774. The number of carbonyl (C=O) groups is 1. The monoisotopic (exact) mass is 190 g/mol. The molecule has 1 aromatic heterocycles. The van der Waals surface area contributed by atoms with Gasteiger partial charge in [0.1, 0.15) is 5.82 Å². The molecule has 0 saturated carbocycles. The lowest BCUT2D eigenvalue weighted by Crippen LogP contribution is -2.29. The van der Waals surface area contributed by atoms with Crippen molar-refractivity contribution in [2.45, 2.75) is 13.1 Å². The van der Waals surface area contributed by atoms with E-state index in [1.54, 1.807) is 0 Å². The van der Waals surface area contributed by atoms with Crippen LogP contribution >= 0.6 is 0 Å². The van der Waals surface area contributed by atoms with Gasteiger partial charge in [0.05, 0.1) is 6.54 Å². The fourth-order valence-electron chi connectivity index (χ4n) is 0.825. The molecule has 0 radical (unpaired) electrons. The average molecular weight is 190 g/mol. The summed E-state index contributed by atoms with van der Waals surface area (Å²) in [5.41, 5.74) is 4.76. The third kappa shape index (κ3) is 2.39. The molecule has 1 aromatic rings. The zero-order valence-corrected chi connectivity index (χ0v) is 6.58. The van der Waals surface area contributed by atoms with Crippen LogP contribution in [0.4, 0.5) is 13.6 Å². The van der Waals surface area contributed by atoms with E-state index >= 15 is 0 Å². The molecule has 0 spiro atoms. The minimum atomic E-state index is -2.66. The maximum atomic E-state index is 12.2. The van der Waals surface area contributed by atoms with Gasteiger partial charge < -0.3 is 11.1 Å². The van der Waals surface area contributed by atoms with Gasteiger partial charge in [-0.1, -0.05) is 0 Å². The maximum absolute atomic E-state index is 12.2. The van der Waals surface area contributed by atoms with E-state index in [0.29, 0.717) is 4.57 Å². The topological polar surface area (TPSA) is 72.9 Å². The van der Waals surface area contributed by atoms with Gasteiger partial charge in [-0.2, -0.15) is 8.78 Å². The van der Waals surface area contributed by atoms with Crippen molar-refractivity contribution in [3.63, 3.8) is 0 Å². The first-order valence-corrected chi connectivity index (χ1v) is 3.44. The number of alkyl halides is 2. The molecule has 72 valence electrons. The van der Waals surface area contributed by atoms with Gasteiger partial charge >= 0.3 is 12.6 Å². The number of primary amides is 1. The van der Waals surface area contributed by atoms with Crippen LogP contribution in [0.25, 0.3) is 0 Å². The second-order valence-corrected chi connectivity index (χ2v) is 2.25. The van der Waals surface area contributed by atoms with Gasteiger partial charge in [0.15, 0.2) is 0 Å². The first-order valence-electron chi connectivity index (χ1n) is 3.44. The standard InChI is InChI=1S/C6H8F2N4O/c7-5(8)12-2-1-10-4(12)3-11-6(9)13/h1-2,5H,3H2,(H3,9,11,13). The Hall–Kier alpha value is -1.66. The van der Waals surface area contributed by atoms with Gasteiger partial charge in [-0.25, -0.2) is 9.78 Å². The van der Waals surface area contributed by atoms with Crippen molar-refractivity contribution in [1.82, 2.24) is 14.9 Å². The summed E-state index contributed by atoms with van der Waals surface area (Å²) in [7, 11) is 0. The lowest BCUT2D eigenvalue weighted by molar-refractivity contribution is 0.0667. The largest absolute Gasteiger partial charge is 0.352 e. The Balaban J connectivity index is 2.65. The number of aromatic nitrogens is 2. The Bertz CT molecular complexity index is 299. The van der Waals surface area contributed by atoms with E-state index < -0.39 is 12.6 Å². The molecule has 0 atom stereocenters. The summed E-state index contributed by atoms with van der Waals surface area (Å²) in [5, 5.41) is 2.17. The van der Waals surface area contributed by atoms with Crippen LogP contribution in [-0.4, -0.2) is 15.6 Å². The Labute approximate surface area is 72.5 Å². The highest BCUT2D eigenvalue weighted by Gasteiger charge is 2.10. The first kappa shape index (κ1) is 9.43. The maximum Gasteiger partial charge on any atom is 0.319 e. The van der Waals surface area contributed by atoms with Crippen molar-refractivity contribution in [3.8, 4) is 0 Å². The highest BCUT2D eigenvalue weighted by atomic mass is 19.3. The van der Waals surface area contributed by atoms with E-state index in [2.05, 4.69) is 10.3 Å². The molecule has 2 amide bonds. The summed E-state index contributed by atoms with van der Waals surface area (Å²) >= 11 is 0. The van der Waals surface area contributed by atoms with Crippen LogP contribution in [0.5, 0.6) is 0 Å². The molecule has 0 unspecified atom stereocenters. The Morgan fingerprint density at radius 2 is 2.46 bits per heavy atom. The number of imidazole rings is 1. The number of hydrogen-bond acceptors (Lipinski definition) is 2. The number of urea groups is 1. The van der Waals surface area contributed by atoms with Gasteiger partial charge in [0.25, 0.3) is 0 Å². The summed E-state index contributed by atoms with van der Waals surface area (Å²) in [4.78, 5) is 13.9. The van der Waals surface area contributed by atoms with Crippen LogP contribution in [0.15, 0.2) is 12.4 Å². The van der Waals surface area contributed by atoms with Crippen LogP contribution in [0.3, 0.4) is 0 Å². The van der Waals surface area contributed by atoms with Crippen molar-refractivity contribution in [2.75, 3.05) is 0 Å². The number of rotatable bonds is 3. The normalized spacial score (nSPS) is 10.4. The Kier molecular flexibility index (Phi) is 2.78. The average Bonchev–Trinajstić information content (AvgIpc) is 2.47. The van der Waals surface area contributed by atoms with Crippen molar-refractivity contribution in [3.05, 3.63) is 18.2 Å². The van der Waals surface area contributed by atoms with Gasteiger partial charge in [-0.05, 0) is 0 Å². The zero-order valence-electron chi connectivity index (χ0n) is 6.58. The van der Waals surface area contributed by atoms with Crippen molar-refractivity contribution >= 4 is 6.03 Å². The minimum Gasteiger partial charge on any atom is -0.352 e. The minimum absolute atomic E-state index is 0.0637. The summed E-state index contributed by atoms with van der Waals surface area (Å²) < 4.78 is 25.0. The van der Waals surface area contributed by atoms with E-state index in [1.165, 1.54) is 6.20 Å². The second-order valence-electron chi connectivity index (χ2n) is 2.25. The lowest BCUT2D eigenvalue weighted by atomic mass is 10.6. The van der Waals surface area contributed by atoms with Crippen LogP contribution in [-0.2, 0) is 6.54 Å². The zero-order chi connectivity index (χ0) is 9.84. The fraction of sp³-hybridized carbons (Fsp3) is 0.333. The van der Waals surface area contributed by atoms with Gasteiger partial charge in [-0.15, -0.1) is 0 Å². The third-order valence-electron chi connectivity index (χ3n) is 1.38. The molecule has 5 nitrogen and oxygen atoms in total. The molecule has 1 rings (SSSR count).